The first-order chi connectivity index (χ1) is 16.6. The van der Waals surface area contributed by atoms with Crippen molar-refractivity contribution in [2.75, 3.05) is 35.2 Å². The second kappa shape index (κ2) is 11.2. The quantitative estimate of drug-likeness (QED) is 0.432. The normalized spacial score (nSPS) is 13.5. The Labute approximate surface area is 205 Å². The van der Waals surface area contributed by atoms with Crippen molar-refractivity contribution >= 4 is 29.3 Å². The lowest BCUT2D eigenvalue weighted by Gasteiger charge is -2.28. The van der Waals surface area contributed by atoms with Crippen LogP contribution in [0, 0.1) is 25.2 Å². The standard InChI is InChI=1S/C26H30N6OS/c1-20-12-13-23(18-21(20)2)31(17-9-14-27)24(33)19-34-26-29-28-25(30-15-7-4-8-16-30)32(26)22-10-5-3-6-11-22/h3,5-6,10-13,18H,4,7-9,15-17,19H2,1-2H3. The first-order valence-corrected chi connectivity index (χ1v) is 12.7. The number of carbonyl (C=O) groups is 1. The predicted molar refractivity (Wildman–Crippen MR) is 137 cm³/mol. The molecule has 0 unspecified atom stereocenters. The highest BCUT2D eigenvalue weighted by atomic mass is 32.2. The fraction of sp³-hybridized carbons (Fsp3) is 0.385. The Morgan fingerprint density at radius 1 is 1.06 bits per heavy atom. The zero-order chi connectivity index (χ0) is 23.9. The van der Waals surface area contributed by atoms with Crippen LogP contribution in [0.15, 0.2) is 53.7 Å². The summed E-state index contributed by atoms with van der Waals surface area (Å²) in [7, 11) is 0. The van der Waals surface area contributed by atoms with Crippen LogP contribution >= 0.6 is 11.8 Å². The molecule has 1 aliphatic heterocycles. The number of para-hydroxylation sites is 1. The summed E-state index contributed by atoms with van der Waals surface area (Å²) < 4.78 is 2.05. The smallest absolute Gasteiger partial charge is 0.237 e. The molecule has 3 aromatic rings. The summed E-state index contributed by atoms with van der Waals surface area (Å²) in [5.74, 6) is 0.991. The summed E-state index contributed by atoms with van der Waals surface area (Å²) in [5, 5.41) is 18.8. The molecule has 0 N–H and O–H groups in total. The summed E-state index contributed by atoms with van der Waals surface area (Å²) in [5.41, 5.74) is 4.10. The van der Waals surface area contributed by atoms with Crippen LogP contribution in [0.25, 0.3) is 5.69 Å². The topological polar surface area (TPSA) is 78.0 Å². The number of carbonyl (C=O) groups excluding carboxylic acids is 1. The number of hydrogen-bond donors (Lipinski definition) is 0. The number of piperidine rings is 1. The molecule has 0 aliphatic carbocycles. The van der Waals surface area contributed by atoms with E-state index in [2.05, 4.69) is 25.7 Å². The molecule has 0 radical (unpaired) electrons. The van der Waals surface area contributed by atoms with Crippen molar-refractivity contribution in [3.05, 3.63) is 59.7 Å². The molecule has 0 atom stereocenters. The molecule has 0 spiro atoms. The molecule has 176 valence electrons. The van der Waals surface area contributed by atoms with Gasteiger partial charge in [0, 0.05) is 25.3 Å². The number of thioether (sulfide) groups is 1. The number of hydrogen-bond acceptors (Lipinski definition) is 6. The molecule has 1 fully saturated rings. The van der Waals surface area contributed by atoms with Gasteiger partial charge in [0.05, 0.1) is 23.9 Å². The fourth-order valence-electron chi connectivity index (χ4n) is 4.11. The summed E-state index contributed by atoms with van der Waals surface area (Å²) in [4.78, 5) is 17.3. The summed E-state index contributed by atoms with van der Waals surface area (Å²) in [6, 6.07) is 18.2. The van der Waals surface area contributed by atoms with Gasteiger partial charge in [-0.25, -0.2) is 0 Å². The van der Waals surface area contributed by atoms with E-state index in [1.807, 2.05) is 62.4 Å². The number of rotatable bonds is 8. The number of benzene rings is 2. The largest absolute Gasteiger partial charge is 0.341 e. The Bertz CT molecular complexity index is 1160. The molecule has 1 aliphatic rings. The average molecular weight is 475 g/mol. The third-order valence-corrected chi connectivity index (χ3v) is 7.06. The number of aryl methyl sites for hydroxylation is 2. The van der Waals surface area contributed by atoms with Crippen molar-refractivity contribution in [3.8, 4) is 11.8 Å². The molecular formula is C26H30N6OS. The molecule has 34 heavy (non-hydrogen) atoms. The van der Waals surface area contributed by atoms with Gasteiger partial charge in [-0.05, 0) is 68.5 Å². The highest BCUT2D eigenvalue weighted by Crippen LogP contribution is 2.29. The Balaban J connectivity index is 1.57. The molecule has 1 aromatic heterocycles. The third kappa shape index (κ3) is 5.42. The monoisotopic (exact) mass is 474 g/mol. The van der Waals surface area contributed by atoms with Crippen LogP contribution < -0.4 is 9.80 Å². The minimum Gasteiger partial charge on any atom is -0.341 e. The van der Waals surface area contributed by atoms with Crippen LogP contribution in [-0.2, 0) is 4.79 Å². The van der Waals surface area contributed by atoms with Crippen molar-refractivity contribution in [1.29, 1.82) is 5.26 Å². The Kier molecular flexibility index (Phi) is 7.86. The minimum absolute atomic E-state index is 0.0503. The van der Waals surface area contributed by atoms with E-state index in [0.717, 1.165) is 48.8 Å². The number of aromatic nitrogens is 3. The lowest BCUT2D eigenvalue weighted by molar-refractivity contribution is -0.116. The fourth-order valence-corrected chi connectivity index (χ4v) is 4.94. The number of nitriles is 1. The lowest BCUT2D eigenvalue weighted by atomic mass is 10.1. The van der Waals surface area contributed by atoms with Crippen molar-refractivity contribution < 1.29 is 4.79 Å². The van der Waals surface area contributed by atoms with Gasteiger partial charge in [-0.3, -0.25) is 9.36 Å². The van der Waals surface area contributed by atoms with Crippen molar-refractivity contribution in [2.24, 2.45) is 0 Å². The van der Waals surface area contributed by atoms with E-state index in [-0.39, 0.29) is 18.1 Å². The van der Waals surface area contributed by atoms with Gasteiger partial charge in [0.1, 0.15) is 0 Å². The van der Waals surface area contributed by atoms with Crippen LogP contribution in [0.1, 0.15) is 36.8 Å². The number of amides is 1. The molecule has 1 amide bonds. The maximum Gasteiger partial charge on any atom is 0.237 e. The first-order valence-electron chi connectivity index (χ1n) is 11.7. The van der Waals surface area contributed by atoms with E-state index in [4.69, 9.17) is 5.26 Å². The van der Waals surface area contributed by atoms with Gasteiger partial charge in [0.25, 0.3) is 0 Å². The van der Waals surface area contributed by atoms with Gasteiger partial charge in [-0.2, -0.15) is 5.26 Å². The second-order valence-electron chi connectivity index (χ2n) is 8.51. The van der Waals surface area contributed by atoms with Crippen LogP contribution in [0.2, 0.25) is 0 Å². The van der Waals surface area contributed by atoms with Crippen molar-refractivity contribution in [2.45, 2.75) is 44.7 Å². The minimum atomic E-state index is -0.0503. The molecule has 0 bridgehead atoms. The summed E-state index contributed by atoms with van der Waals surface area (Å²) in [6.45, 7) is 6.37. The molecule has 2 heterocycles. The van der Waals surface area contributed by atoms with Crippen LogP contribution in [0.4, 0.5) is 11.6 Å². The van der Waals surface area contributed by atoms with Crippen molar-refractivity contribution in [3.63, 3.8) is 0 Å². The number of anilines is 2. The molecule has 7 nitrogen and oxygen atoms in total. The number of nitrogens with zero attached hydrogens (tertiary/aromatic N) is 6. The van der Waals surface area contributed by atoms with Gasteiger partial charge in [0.2, 0.25) is 11.9 Å². The van der Waals surface area contributed by atoms with Crippen LogP contribution in [-0.4, -0.2) is 46.1 Å². The molecule has 2 aromatic carbocycles. The third-order valence-electron chi connectivity index (χ3n) is 6.14. The predicted octanol–water partition coefficient (Wildman–Crippen LogP) is 4.91. The Hall–Kier alpha value is -3.31. The van der Waals surface area contributed by atoms with Crippen LogP contribution in [0.3, 0.4) is 0 Å². The maximum atomic E-state index is 13.3. The van der Waals surface area contributed by atoms with E-state index in [9.17, 15) is 4.79 Å². The van der Waals surface area contributed by atoms with Gasteiger partial charge in [-0.1, -0.05) is 36.0 Å². The van der Waals surface area contributed by atoms with E-state index < -0.39 is 0 Å². The average Bonchev–Trinajstić information content (AvgIpc) is 3.30. The van der Waals surface area contributed by atoms with Gasteiger partial charge >= 0.3 is 0 Å². The van der Waals surface area contributed by atoms with E-state index in [1.54, 1.807) is 4.90 Å². The molecule has 0 saturated carbocycles. The zero-order valence-corrected chi connectivity index (χ0v) is 20.6. The Morgan fingerprint density at radius 2 is 1.82 bits per heavy atom. The molecular weight excluding hydrogens is 444 g/mol. The molecule has 1 saturated heterocycles. The van der Waals surface area contributed by atoms with Crippen molar-refractivity contribution in [1.82, 2.24) is 14.8 Å². The van der Waals surface area contributed by atoms with E-state index >= 15 is 0 Å². The first kappa shape index (κ1) is 23.8. The van der Waals surface area contributed by atoms with Gasteiger partial charge < -0.3 is 9.80 Å². The van der Waals surface area contributed by atoms with E-state index in [1.165, 1.54) is 23.7 Å². The molecule has 8 heteroatoms. The second-order valence-corrected chi connectivity index (χ2v) is 9.45. The molecule has 4 rings (SSSR count). The maximum absolute atomic E-state index is 13.3. The highest BCUT2D eigenvalue weighted by molar-refractivity contribution is 7.99. The van der Waals surface area contributed by atoms with Crippen LogP contribution in [0.5, 0.6) is 0 Å². The zero-order valence-electron chi connectivity index (χ0n) is 19.8. The highest BCUT2D eigenvalue weighted by Gasteiger charge is 2.23. The summed E-state index contributed by atoms with van der Waals surface area (Å²) >= 11 is 1.39. The SMILES string of the molecule is Cc1ccc(N(CCC#N)C(=O)CSc2nnc(N3CCCCC3)n2-c2ccccc2)cc1C. The summed E-state index contributed by atoms with van der Waals surface area (Å²) in [6.07, 6.45) is 3.81. The Morgan fingerprint density at radius 3 is 2.53 bits per heavy atom. The van der Waals surface area contributed by atoms with Gasteiger partial charge in [0.15, 0.2) is 5.16 Å². The van der Waals surface area contributed by atoms with E-state index in [0.29, 0.717) is 11.7 Å². The van der Waals surface area contributed by atoms with Gasteiger partial charge in [-0.15, -0.1) is 10.2 Å². The lowest BCUT2D eigenvalue weighted by Crippen LogP contribution is -2.33.